The maximum absolute atomic E-state index is 12.7. The highest BCUT2D eigenvalue weighted by Crippen LogP contribution is 2.32. The number of alkyl halides is 3. The molecule has 0 saturated carbocycles. The number of fused-ring (bicyclic) bond motifs is 1. The van der Waals surface area contributed by atoms with E-state index in [-0.39, 0.29) is 12.0 Å². The van der Waals surface area contributed by atoms with Crippen molar-refractivity contribution in [1.82, 2.24) is 19.7 Å². The molecule has 2 heterocycles. The lowest BCUT2D eigenvalue weighted by molar-refractivity contribution is -0.141. The summed E-state index contributed by atoms with van der Waals surface area (Å²) in [6.45, 7) is 0. The number of halogens is 3. The molecule has 0 saturated heterocycles. The quantitative estimate of drug-likeness (QED) is 0.926. The molecule has 0 bridgehead atoms. The summed E-state index contributed by atoms with van der Waals surface area (Å²) in [5.41, 5.74) is 1.16. The molecule has 0 aliphatic heterocycles. The summed E-state index contributed by atoms with van der Waals surface area (Å²) in [7, 11) is 1.86. The van der Waals surface area contributed by atoms with Gasteiger partial charge in [-0.05, 0) is 25.3 Å². The highest BCUT2D eigenvalue weighted by Gasteiger charge is 2.33. The molecule has 0 amide bonds. The third kappa shape index (κ3) is 2.70. The van der Waals surface area contributed by atoms with Crippen LogP contribution in [-0.4, -0.2) is 19.7 Å². The second-order valence-electron chi connectivity index (χ2n) is 5.02. The highest BCUT2D eigenvalue weighted by atomic mass is 19.4. The Balaban J connectivity index is 1.85. The SMILES string of the molecule is Cn1ncc2c1CCC[C@@H]2Nc1nccc(C(F)(F)F)n1. The lowest BCUT2D eigenvalue weighted by atomic mass is 9.93. The molecule has 1 atom stereocenters. The Morgan fingerprint density at radius 2 is 2.19 bits per heavy atom. The largest absolute Gasteiger partial charge is 0.433 e. The van der Waals surface area contributed by atoms with Crippen molar-refractivity contribution in [1.29, 1.82) is 0 Å². The smallest absolute Gasteiger partial charge is 0.347 e. The summed E-state index contributed by atoms with van der Waals surface area (Å²) in [5, 5.41) is 7.19. The van der Waals surface area contributed by atoms with Gasteiger partial charge in [0.1, 0.15) is 5.69 Å². The predicted octanol–water partition coefficient (Wildman–Crippen LogP) is 2.72. The molecule has 112 valence electrons. The topological polar surface area (TPSA) is 55.6 Å². The van der Waals surface area contributed by atoms with Crippen LogP contribution >= 0.6 is 0 Å². The van der Waals surface area contributed by atoms with Gasteiger partial charge in [0, 0.05) is 24.5 Å². The van der Waals surface area contributed by atoms with E-state index in [0.29, 0.717) is 0 Å². The van der Waals surface area contributed by atoms with E-state index in [2.05, 4.69) is 20.4 Å². The summed E-state index contributed by atoms with van der Waals surface area (Å²) in [5.74, 6) is -0.00784. The minimum absolute atomic E-state index is 0.00784. The monoisotopic (exact) mass is 297 g/mol. The molecule has 2 aromatic heterocycles. The second-order valence-corrected chi connectivity index (χ2v) is 5.02. The van der Waals surface area contributed by atoms with Gasteiger partial charge in [0.2, 0.25) is 5.95 Å². The zero-order chi connectivity index (χ0) is 15.0. The first-order chi connectivity index (χ1) is 9.95. The molecular formula is C13H14F3N5. The predicted molar refractivity (Wildman–Crippen MR) is 69.5 cm³/mol. The average Bonchev–Trinajstić information content (AvgIpc) is 2.81. The van der Waals surface area contributed by atoms with E-state index in [1.54, 1.807) is 10.9 Å². The van der Waals surface area contributed by atoms with Crippen molar-refractivity contribution in [2.24, 2.45) is 7.05 Å². The number of hydrogen-bond acceptors (Lipinski definition) is 4. The van der Waals surface area contributed by atoms with Gasteiger partial charge in [-0.1, -0.05) is 0 Å². The molecule has 1 N–H and O–H groups in total. The molecule has 1 aliphatic rings. The second kappa shape index (κ2) is 5.01. The van der Waals surface area contributed by atoms with Gasteiger partial charge < -0.3 is 5.32 Å². The first kappa shape index (κ1) is 13.8. The van der Waals surface area contributed by atoms with Crippen LogP contribution in [0.4, 0.5) is 19.1 Å². The number of hydrogen-bond donors (Lipinski definition) is 1. The standard InChI is InChI=1S/C13H14F3N5/c1-21-10-4-2-3-9(8(10)7-18-21)19-12-17-6-5-11(20-12)13(14,15)16/h5-7,9H,2-4H2,1H3,(H,17,19,20)/t9-/m0/s1. The van der Waals surface area contributed by atoms with Crippen molar-refractivity contribution >= 4 is 5.95 Å². The van der Waals surface area contributed by atoms with E-state index >= 15 is 0 Å². The lowest BCUT2D eigenvalue weighted by Gasteiger charge is -2.23. The third-order valence-corrected chi connectivity index (χ3v) is 3.63. The van der Waals surface area contributed by atoms with Gasteiger partial charge in [-0.2, -0.15) is 18.3 Å². The summed E-state index contributed by atoms with van der Waals surface area (Å²) in [6.07, 6.45) is 1.09. The van der Waals surface area contributed by atoms with E-state index in [1.165, 1.54) is 0 Å². The maximum Gasteiger partial charge on any atom is 0.433 e. The average molecular weight is 297 g/mol. The minimum atomic E-state index is -4.47. The normalized spacial score (nSPS) is 18.4. The van der Waals surface area contributed by atoms with Crippen molar-refractivity contribution in [2.45, 2.75) is 31.5 Å². The van der Waals surface area contributed by atoms with Crippen molar-refractivity contribution < 1.29 is 13.2 Å². The van der Waals surface area contributed by atoms with Crippen LogP contribution in [0.5, 0.6) is 0 Å². The van der Waals surface area contributed by atoms with Crippen molar-refractivity contribution in [3.8, 4) is 0 Å². The van der Waals surface area contributed by atoms with Gasteiger partial charge in [0.05, 0.1) is 12.2 Å². The number of aryl methyl sites for hydroxylation is 1. The molecule has 0 spiro atoms. The molecule has 8 heteroatoms. The number of anilines is 1. The first-order valence-corrected chi connectivity index (χ1v) is 6.62. The van der Waals surface area contributed by atoms with Crippen LogP contribution in [-0.2, 0) is 19.6 Å². The van der Waals surface area contributed by atoms with Crippen LogP contribution in [0.25, 0.3) is 0 Å². The first-order valence-electron chi connectivity index (χ1n) is 6.62. The molecule has 0 unspecified atom stereocenters. The molecule has 3 rings (SSSR count). The minimum Gasteiger partial charge on any atom is -0.347 e. The summed E-state index contributed by atoms with van der Waals surface area (Å²) in [4.78, 5) is 7.42. The molecule has 0 aromatic carbocycles. The van der Waals surface area contributed by atoms with Gasteiger partial charge in [0.15, 0.2) is 0 Å². The van der Waals surface area contributed by atoms with Gasteiger partial charge in [-0.15, -0.1) is 0 Å². The van der Waals surface area contributed by atoms with Crippen LogP contribution in [0.3, 0.4) is 0 Å². The van der Waals surface area contributed by atoms with E-state index in [9.17, 15) is 13.2 Å². The van der Waals surface area contributed by atoms with Gasteiger partial charge >= 0.3 is 6.18 Å². The Morgan fingerprint density at radius 3 is 2.95 bits per heavy atom. The molecule has 21 heavy (non-hydrogen) atoms. The van der Waals surface area contributed by atoms with E-state index < -0.39 is 11.9 Å². The van der Waals surface area contributed by atoms with E-state index in [0.717, 1.165) is 42.8 Å². The third-order valence-electron chi connectivity index (χ3n) is 3.63. The molecule has 1 aliphatic carbocycles. The van der Waals surface area contributed by atoms with Gasteiger partial charge in [-0.25, -0.2) is 9.97 Å². The van der Waals surface area contributed by atoms with Crippen LogP contribution in [0.15, 0.2) is 18.5 Å². The molecular weight excluding hydrogens is 283 g/mol. The molecule has 0 radical (unpaired) electrons. The zero-order valence-electron chi connectivity index (χ0n) is 11.4. The number of nitrogens with zero attached hydrogens (tertiary/aromatic N) is 4. The van der Waals surface area contributed by atoms with Gasteiger partial charge in [0.25, 0.3) is 0 Å². The van der Waals surface area contributed by atoms with Crippen LogP contribution < -0.4 is 5.32 Å². The van der Waals surface area contributed by atoms with Crippen LogP contribution in [0.2, 0.25) is 0 Å². The Bertz CT molecular complexity index is 649. The van der Waals surface area contributed by atoms with Crippen LogP contribution in [0.1, 0.15) is 35.8 Å². The maximum atomic E-state index is 12.7. The van der Waals surface area contributed by atoms with Gasteiger partial charge in [-0.3, -0.25) is 4.68 Å². The Kier molecular flexibility index (Phi) is 3.30. The Hall–Kier alpha value is -2.12. The van der Waals surface area contributed by atoms with Crippen molar-refractivity contribution in [3.05, 3.63) is 35.4 Å². The van der Waals surface area contributed by atoms with E-state index in [4.69, 9.17) is 0 Å². The van der Waals surface area contributed by atoms with Crippen molar-refractivity contribution in [2.75, 3.05) is 5.32 Å². The van der Waals surface area contributed by atoms with Crippen LogP contribution in [0, 0.1) is 0 Å². The molecule has 2 aromatic rings. The number of rotatable bonds is 2. The lowest BCUT2D eigenvalue weighted by Crippen LogP contribution is -2.20. The fourth-order valence-corrected chi connectivity index (χ4v) is 2.60. The fraction of sp³-hybridized carbons (Fsp3) is 0.462. The Morgan fingerprint density at radius 1 is 1.38 bits per heavy atom. The number of nitrogens with one attached hydrogen (secondary N) is 1. The summed E-state index contributed by atoms with van der Waals surface area (Å²) >= 11 is 0. The zero-order valence-corrected chi connectivity index (χ0v) is 11.4. The summed E-state index contributed by atoms with van der Waals surface area (Å²) in [6, 6.07) is 0.757. The Labute approximate surface area is 119 Å². The molecule has 5 nitrogen and oxygen atoms in total. The number of aromatic nitrogens is 4. The fourth-order valence-electron chi connectivity index (χ4n) is 2.60. The molecule has 0 fully saturated rings. The van der Waals surface area contributed by atoms with E-state index in [1.807, 2.05) is 7.05 Å². The highest BCUT2D eigenvalue weighted by molar-refractivity contribution is 5.35. The summed E-state index contributed by atoms with van der Waals surface area (Å²) < 4.78 is 39.8. The van der Waals surface area contributed by atoms with Crippen molar-refractivity contribution in [3.63, 3.8) is 0 Å².